The molecule has 0 saturated carbocycles. The van der Waals surface area contributed by atoms with Crippen molar-refractivity contribution in [1.29, 1.82) is 0 Å². The first-order valence-corrected chi connectivity index (χ1v) is 7.25. The number of ether oxygens (including phenoxy) is 1. The lowest BCUT2D eigenvalue weighted by Crippen LogP contribution is -2.32. The van der Waals surface area contributed by atoms with Gasteiger partial charge in [0.25, 0.3) is 0 Å². The number of aryl methyl sites for hydroxylation is 1. The molecule has 1 unspecified atom stereocenters. The first-order chi connectivity index (χ1) is 9.67. The van der Waals surface area contributed by atoms with Crippen LogP contribution in [0.3, 0.4) is 0 Å². The van der Waals surface area contributed by atoms with E-state index in [0.29, 0.717) is 0 Å². The minimum Gasteiger partial charge on any atom is -0.484 e. The number of nitrogens with zero attached hydrogens (tertiary/aromatic N) is 1. The van der Waals surface area contributed by atoms with Gasteiger partial charge in [-0.3, -0.25) is 4.90 Å². The Morgan fingerprint density at radius 1 is 1.38 bits per heavy atom. The van der Waals surface area contributed by atoms with Crippen LogP contribution in [-0.2, 0) is 13.0 Å². The van der Waals surface area contributed by atoms with Crippen molar-refractivity contribution in [3.8, 4) is 5.75 Å². The zero-order chi connectivity index (χ0) is 14.1. The molecule has 2 aromatic rings. The van der Waals surface area contributed by atoms with Crippen LogP contribution in [0.2, 0.25) is 5.02 Å². The number of rotatable bonds is 3. The van der Waals surface area contributed by atoms with E-state index in [2.05, 4.69) is 18.9 Å². The van der Waals surface area contributed by atoms with Gasteiger partial charge in [0.15, 0.2) is 0 Å². The van der Waals surface area contributed by atoms with Gasteiger partial charge in [-0.2, -0.15) is 0 Å². The molecule has 1 aromatic carbocycles. The molecule has 1 atom stereocenters. The minimum absolute atomic E-state index is 0. The number of hydrogen-bond donors (Lipinski definition) is 0. The molecule has 114 valence electrons. The normalized spacial score (nSPS) is 18.0. The Morgan fingerprint density at radius 3 is 2.95 bits per heavy atom. The summed E-state index contributed by atoms with van der Waals surface area (Å²) in [5.41, 5.74) is 2.26. The highest BCUT2D eigenvalue weighted by Gasteiger charge is 2.27. The Hall–Kier alpha value is -1.16. The first kappa shape index (κ1) is 16.2. The molecule has 21 heavy (non-hydrogen) atoms. The largest absolute Gasteiger partial charge is 0.484 e. The SMILES string of the molecule is CCc1cc(OC2CN(C)Cc3occc32)ccc1Cl.Cl. The van der Waals surface area contributed by atoms with Crippen LogP contribution in [-0.4, -0.2) is 18.5 Å². The van der Waals surface area contributed by atoms with Crippen molar-refractivity contribution in [2.75, 3.05) is 13.6 Å². The molecule has 0 spiro atoms. The molecule has 0 radical (unpaired) electrons. The van der Waals surface area contributed by atoms with Crippen LogP contribution in [0.1, 0.15) is 29.9 Å². The van der Waals surface area contributed by atoms with Crippen LogP contribution in [0.4, 0.5) is 0 Å². The van der Waals surface area contributed by atoms with Crippen LogP contribution in [0.25, 0.3) is 0 Å². The van der Waals surface area contributed by atoms with Crippen molar-refractivity contribution in [3.63, 3.8) is 0 Å². The van der Waals surface area contributed by atoms with E-state index in [1.54, 1.807) is 6.26 Å². The average molecular weight is 328 g/mol. The van der Waals surface area contributed by atoms with Gasteiger partial charge in [-0.25, -0.2) is 0 Å². The van der Waals surface area contributed by atoms with E-state index in [1.807, 2.05) is 24.3 Å². The number of fused-ring (bicyclic) bond motifs is 1. The summed E-state index contributed by atoms with van der Waals surface area (Å²) in [6.07, 6.45) is 2.64. The van der Waals surface area contributed by atoms with Crippen LogP contribution in [0.5, 0.6) is 5.75 Å². The second-order valence-electron chi connectivity index (χ2n) is 5.21. The highest BCUT2D eigenvalue weighted by molar-refractivity contribution is 6.31. The molecule has 0 N–H and O–H groups in total. The molecular weight excluding hydrogens is 309 g/mol. The van der Waals surface area contributed by atoms with Crippen molar-refractivity contribution in [1.82, 2.24) is 4.90 Å². The number of hydrogen-bond acceptors (Lipinski definition) is 3. The maximum absolute atomic E-state index is 6.15. The molecule has 1 aliphatic heterocycles. The monoisotopic (exact) mass is 327 g/mol. The van der Waals surface area contributed by atoms with Crippen LogP contribution in [0, 0.1) is 0 Å². The Kier molecular flexibility index (Phi) is 5.20. The number of furan rings is 1. The highest BCUT2D eigenvalue weighted by atomic mass is 35.5. The standard InChI is InChI=1S/C16H18ClNO2.ClH/c1-3-11-8-12(4-5-14(11)17)20-16-10-18(2)9-15-13(16)6-7-19-15;/h4-8,16H,3,9-10H2,1-2H3;1H. The summed E-state index contributed by atoms with van der Waals surface area (Å²) in [5, 5.41) is 0.796. The Bertz CT molecular complexity index is 612. The van der Waals surface area contributed by atoms with E-state index < -0.39 is 0 Å². The molecule has 0 saturated heterocycles. The summed E-state index contributed by atoms with van der Waals surface area (Å²) in [4.78, 5) is 2.20. The molecule has 3 rings (SSSR count). The maximum Gasteiger partial charge on any atom is 0.140 e. The van der Waals surface area contributed by atoms with E-state index in [4.69, 9.17) is 20.8 Å². The topological polar surface area (TPSA) is 25.6 Å². The second kappa shape index (κ2) is 6.73. The van der Waals surface area contributed by atoms with Crippen molar-refractivity contribution < 1.29 is 9.15 Å². The van der Waals surface area contributed by atoms with Gasteiger partial charge >= 0.3 is 0 Å². The zero-order valence-corrected chi connectivity index (χ0v) is 13.7. The number of benzene rings is 1. The van der Waals surface area contributed by atoms with Crippen LogP contribution in [0.15, 0.2) is 34.9 Å². The molecule has 3 nitrogen and oxygen atoms in total. The lowest BCUT2D eigenvalue weighted by atomic mass is 10.1. The molecule has 2 heterocycles. The van der Waals surface area contributed by atoms with Gasteiger partial charge in [0.2, 0.25) is 0 Å². The minimum atomic E-state index is 0. The van der Waals surface area contributed by atoms with Crippen molar-refractivity contribution in [2.24, 2.45) is 0 Å². The lowest BCUT2D eigenvalue weighted by molar-refractivity contribution is 0.120. The average Bonchev–Trinajstić information content (AvgIpc) is 2.89. The van der Waals surface area contributed by atoms with E-state index in [1.165, 1.54) is 0 Å². The Balaban J connectivity index is 0.00000161. The zero-order valence-electron chi connectivity index (χ0n) is 12.1. The molecule has 0 bridgehead atoms. The third-order valence-electron chi connectivity index (χ3n) is 3.69. The summed E-state index contributed by atoms with van der Waals surface area (Å²) in [6, 6.07) is 7.86. The van der Waals surface area contributed by atoms with Gasteiger partial charge < -0.3 is 9.15 Å². The fourth-order valence-electron chi connectivity index (χ4n) is 2.62. The predicted molar refractivity (Wildman–Crippen MR) is 86.5 cm³/mol. The third-order valence-corrected chi connectivity index (χ3v) is 4.06. The molecule has 5 heteroatoms. The molecule has 0 fully saturated rings. The van der Waals surface area contributed by atoms with Crippen molar-refractivity contribution in [3.05, 3.63) is 52.4 Å². The Labute approximate surface area is 136 Å². The van der Waals surface area contributed by atoms with Gasteiger partial charge in [0.1, 0.15) is 17.6 Å². The molecular formula is C16H19Cl2NO2. The molecule has 0 amide bonds. The smallest absolute Gasteiger partial charge is 0.140 e. The van der Waals surface area contributed by atoms with E-state index in [-0.39, 0.29) is 18.5 Å². The van der Waals surface area contributed by atoms with E-state index in [9.17, 15) is 0 Å². The van der Waals surface area contributed by atoms with E-state index >= 15 is 0 Å². The van der Waals surface area contributed by atoms with Gasteiger partial charge in [0, 0.05) is 17.1 Å². The molecule has 1 aliphatic rings. The van der Waals surface area contributed by atoms with Crippen molar-refractivity contribution in [2.45, 2.75) is 26.0 Å². The quantitative estimate of drug-likeness (QED) is 0.830. The number of halogens is 2. The van der Waals surface area contributed by atoms with Gasteiger partial charge in [0.05, 0.1) is 12.8 Å². The van der Waals surface area contributed by atoms with E-state index in [0.717, 1.165) is 47.2 Å². The molecule has 1 aromatic heterocycles. The third kappa shape index (κ3) is 3.37. The fraction of sp³-hybridized carbons (Fsp3) is 0.375. The van der Waals surface area contributed by atoms with Crippen LogP contribution < -0.4 is 4.74 Å². The van der Waals surface area contributed by atoms with Crippen molar-refractivity contribution >= 4 is 24.0 Å². The summed E-state index contributed by atoms with van der Waals surface area (Å²) < 4.78 is 11.7. The van der Waals surface area contributed by atoms with Gasteiger partial charge in [-0.05, 0) is 43.3 Å². The summed E-state index contributed by atoms with van der Waals surface area (Å²) >= 11 is 6.15. The number of likely N-dealkylation sites (N-methyl/N-ethyl adjacent to an activating group) is 1. The summed E-state index contributed by atoms with van der Waals surface area (Å²) in [7, 11) is 2.07. The summed E-state index contributed by atoms with van der Waals surface area (Å²) in [6.45, 7) is 3.78. The Morgan fingerprint density at radius 2 is 2.19 bits per heavy atom. The second-order valence-corrected chi connectivity index (χ2v) is 5.62. The molecule has 0 aliphatic carbocycles. The highest BCUT2D eigenvalue weighted by Crippen LogP contribution is 2.32. The maximum atomic E-state index is 6.15. The fourth-order valence-corrected chi connectivity index (χ4v) is 2.87. The predicted octanol–water partition coefficient (Wildman–Crippen LogP) is 4.48. The summed E-state index contributed by atoms with van der Waals surface area (Å²) in [5.74, 6) is 1.85. The van der Waals surface area contributed by atoms with Gasteiger partial charge in [-0.1, -0.05) is 18.5 Å². The van der Waals surface area contributed by atoms with Gasteiger partial charge in [-0.15, -0.1) is 12.4 Å². The lowest BCUT2D eigenvalue weighted by Gasteiger charge is -2.29. The first-order valence-electron chi connectivity index (χ1n) is 6.87. The van der Waals surface area contributed by atoms with Crippen LogP contribution >= 0.6 is 24.0 Å².